The fourth-order valence-electron chi connectivity index (χ4n) is 2.28. The van der Waals surface area contributed by atoms with E-state index < -0.39 is 12.3 Å². The van der Waals surface area contributed by atoms with Crippen LogP contribution in [0, 0.1) is 0 Å². The molecule has 2 aromatic carbocycles. The van der Waals surface area contributed by atoms with Crippen LogP contribution in [0.2, 0.25) is 0 Å². The Morgan fingerprint density at radius 3 is 2.26 bits per heavy atom. The van der Waals surface area contributed by atoms with Crippen LogP contribution in [0.15, 0.2) is 66.7 Å². The average Bonchev–Trinajstić information content (AvgIpc) is 2.60. The molecule has 0 bridgehead atoms. The molecule has 0 N–H and O–H groups in total. The van der Waals surface area contributed by atoms with E-state index in [2.05, 4.69) is 0 Å². The van der Waals surface area contributed by atoms with Crippen molar-refractivity contribution in [3.05, 3.63) is 77.9 Å². The molecule has 0 aromatic heterocycles. The molecule has 3 nitrogen and oxygen atoms in total. The summed E-state index contributed by atoms with van der Waals surface area (Å²) in [6, 6.07) is 19.3. The third kappa shape index (κ3) is 4.86. The van der Waals surface area contributed by atoms with Gasteiger partial charge < -0.3 is 9.47 Å². The van der Waals surface area contributed by atoms with Gasteiger partial charge in [-0.25, -0.2) is 4.79 Å². The second-order valence-corrected chi connectivity index (χ2v) is 5.08. The minimum absolute atomic E-state index is 0.264. The SMILES string of the molecule is CCOC(=O)OC(C(=CCCl)c1ccccc1)c1ccccc1. The Balaban J connectivity index is 2.41. The Kier molecular flexibility index (Phi) is 6.70. The quantitative estimate of drug-likeness (QED) is 0.538. The topological polar surface area (TPSA) is 35.5 Å². The number of carbonyl (C=O) groups excluding carboxylic acids is 1. The Morgan fingerprint density at radius 1 is 1.09 bits per heavy atom. The Bertz CT molecular complexity index is 638. The summed E-state index contributed by atoms with van der Waals surface area (Å²) < 4.78 is 10.5. The predicted octanol–water partition coefficient (Wildman–Crippen LogP) is 5.22. The molecule has 1 unspecified atom stereocenters. The van der Waals surface area contributed by atoms with Crippen molar-refractivity contribution in [2.24, 2.45) is 0 Å². The number of hydrogen-bond donors (Lipinski definition) is 0. The number of halogens is 1. The summed E-state index contributed by atoms with van der Waals surface area (Å²) in [4.78, 5) is 11.9. The van der Waals surface area contributed by atoms with Gasteiger partial charge in [-0.15, -0.1) is 11.6 Å². The third-order valence-electron chi connectivity index (χ3n) is 3.27. The highest BCUT2D eigenvalue weighted by atomic mass is 35.5. The first kappa shape index (κ1) is 17.1. The van der Waals surface area contributed by atoms with E-state index in [0.29, 0.717) is 5.88 Å². The summed E-state index contributed by atoms with van der Waals surface area (Å²) >= 11 is 5.93. The first-order valence-corrected chi connectivity index (χ1v) is 7.99. The van der Waals surface area contributed by atoms with Gasteiger partial charge in [-0.3, -0.25) is 0 Å². The highest BCUT2D eigenvalue weighted by Gasteiger charge is 2.23. The maximum atomic E-state index is 11.9. The molecule has 0 aliphatic carbocycles. The normalized spacial score (nSPS) is 12.5. The number of ether oxygens (including phenoxy) is 2. The monoisotopic (exact) mass is 330 g/mol. The van der Waals surface area contributed by atoms with Crippen molar-refractivity contribution < 1.29 is 14.3 Å². The molecular weight excluding hydrogens is 312 g/mol. The van der Waals surface area contributed by atoms with Gasteiger partial charge in [0.05, 0.1) is 6.61 Å². The maximum absolute atomic E-state index is 11.9. The lowest BCUT2D eigenvalue weighted by molar-refractivity contribution is 0.0427. The van der Waals surface area contributed by atoms with Crippen molar-refractivity contribution in [1.29, 1.82) is 0 Å². The molecule has 0 saturated carbocycles. The van der Waals surface area contributed by atoms with E-state index in [1.54, 1.807) is 6.92 Å². The fourth-order valence-corrected chi connectivity index (χ4v) is 2.44. The first-order valence-electron chi connectivity index (χ1n) is 7.46. The molecule has 0 fully saturated rings. The number of benzene rings is 2. The van der Waals surface area contributed by atoms with E-state index in [-0.39, 0.29) is 6.61 Å². The molecule has 2 aromatic rings. The Hall–Kier alpha value is -2.26. The van der Waals surface area contributed by atoms with E-state index >= 15 is 0 Å². The van der Waals surface area contributed by atoms with Crippen LogP contribution in [0.4, 0.5) is 4.79 Å². The smallest absolute Gasteiger partial charge is 0.435 e. The van der Waals surface area contributed by atoms with Crippen molar-refractivity contribution in [3.63, 3.8) is 0 Å². The fraction of sp³-hybridized carbons (Fsp3) is 0.211. The molecule has 23 heavy (non-hydrogen) atoms. The van der Waals surface area contributed by atoms with Gasteiger partial charge in [-0.2, -0.15) is 0 Å². The lowest BCUT2D eigenvalue weighted by Gasteiger charge is -2.21. The summed E-state index contributed by atoms with van der Waals surface area (Å²) in [5.74, 6) is 0.319. The number of rotatable bonds is 6. The van der Waals surface area contributed by atoms with Gasteiger partial charge in [-0.05, 0) is 18.1 Å². The second-order valence-electron chi connectivity index (χ2n) is 4.77. The van der Waals surface area contributed by atoms with Crippen LogP contribution in [0.3, 0.4) is 0 Å². The summed E-state index contributed by atoms with van der Waals surface area (Å²) in [5.41, 5.74) is 2.65. The molecule has 120 valence electrons. The highest BCUT2D eigenvalue weighted by Crippen LogP contribution is 2.33. The van der Waals surface area contributed by atoms with Gasteiger partial charge in [0.15, 0.2) is 6.10 Å². The molecule has 0 saturated heterocycles. The zero-order chi connectivity index (χ0) is 16.5. The van der Waals surface area contributed by atoms with Crippen molar-refractivity contribution >= 4 is 23.3 Å². The second kappa shape index (κ2) is 9.01. The van der Waals surface area contributed by atoms with Crippen molar-refractivity contribution in [2.45, 2.75) is 13.0 Å². The lowest BCUT2D eigenvalue weighted by Crippen LogP contribution is -2.14. The molecule has 0 heterocycles. The minimum atomic E-state index is -0.697. The summed E-state index contributed by atoms with van der Waals surface area (Å²) in [6.07, 6.45) is 0.586. The van der Waals surface area contributed by atoms with Crippen LogP contribution >= 0.6 is 11.6 Å². The van der Waals surface area contributed by atoms with Crippen LogP contribution in [-0.2, 0) is 9.47 Å². The van der Waals surface area contributed by atoms with Crippen molar-refractivity contribution in [1.82, 2.24) is 0 Å². The third-order valence-corrected chi connectivity index (χ3v) is 3.42. The number of alkyl halides is 1. The van der Waals surface area contributed by atoms with Gasteiger partial charge in [0, 0.05) is 11.5 Å². The summed E-state index contributed by atoms with van der Waals surface area (Å²) in [7, 11) is 0. The summed E-state index contributed by atoms with van der Waals surface area (Å²) in [6.45, 7) is 2.01. The molecule has 1 atom stereocenters. The highest BCUT2D eigenvalue weighted by molar-refractivity contribution is 6.19. The van der Waals surface area contributed by atoms with E-state index in [1.165, 1.54) is 0 Å². The van der Waals surface area contributed by atoms with Crippen LogP contribution in [0.5, 0.6) is 0 Å². The van der Waals surface area contributed by atoms with Gasteiger partial charge in [0.2, 0.25) is 0 Å². The zero-order valence-corrected chi connectivity index (χ0v) is 13.7. The van der Waals surface area contributed by atoms with Gasteiger partial charge in [0.25, 0.3) is 0 Å². The standard InChI is InChI=1S/C19H19ClO3/c1-2-22-19(21)23-18(16-11-7-4-8-12-16)17(13-14-20)15-9-5-3-6-10-15/h3-13,18H,2,14H2,1H3. The lowest BCUT2D eigenvalue weighted by atomic mass is 9.95. The Morgan fingerprint density at radius 2 is 1.70 bits per heavy atom. The van der Waals surface area contributed by atoms with E-state index in [1.807, 2.05) is 66.7 Å². The van der Waals surface area contributed by atoms with Gasteiger partial charge >= 0.3 is 6.16 Å². The number of hydrogen-bond acceptors (Lipinski definition) is 3. The minimum Gasteiger partial charge on any atom is -0.435 e. The number of carbonyl (C=O) groups is 1. The maximum Gasteiger partial charge on any atom is 0.509 e. The van der Waals surface area contributed by atoms with Crippen LogP contribution in [0.25, 0.3) is 5.57 Å². The molecule has 0 amide bonds. The first-order chi connectivity index (χ1) is 11.3. The van der Waals surface area contributed by atoms with Crippen LogP contribution in [0.1, 0.15) is 24.2 Å². The summed E-state index contributed by atoms with van der Waals surface area (Å²) in [5, 5.41) is 0. The molecular formula is C19H19ClO3. The van der Waals surface area contributed by atoms with E-state index in [4.69, 9.17) is 21.1 Å². The van der Waals surface area contributed by atoms with E-state index in [9.17, 15) is 4.79 Å². The Labute approximate surface area is 141 Å². The largest absolute Gasteiger partial charge is 0.509 e. The number of allylic oxidation sites excluding steroid dienone is 1. The molecule has 0 spiro atoms. The van der Waals surface area contributed by atoms with Gasteiger partial charge in [0.1, 0.15) is 0 Å². The van der Waals surface area contributed by atoms with Crippen LogP contribution in [-0.4, -0.2) is 18.6 Å². The molecule has 4 heteroatoms. The van der Waals surface area contributed by atoms with E-state index in [0.717, 1.165) is 16.7 Å². The molecule has 0 radical (unpaired) electrons. The predicted molar refractivity (Wildman–Crippen MR) is 92.4 cm³/mol. The average molecular weight is 331 g/mol. The van der Waals surface area contributed by atoms with Crippen molar-refractivity contribution in [2.75, 3.05) is 12.5 Å². The van der Waals surface area contributed by atoms with Crippen molar-refractivity contribution in [3.8, 4) is 0 Å². The van der Waals surface area contributed by atoms with Gasteiger partial charge in [-0.1, -0.05) is 66.7 Å². The van der Waals surface area contributed by atoms with Crippen LogP contribution < -0.4 is 0 Å². The molecule has 0 aliphatic heterocycles. The zero-order valence-electron chi connectivity index (χ0n) is 12.9. The molecule has 0 aliphatic rings. The molecule has 2 rings (SSSR count).